The van der Waals surface area contributed by atoms with Gasteiger partial charge in [-0.25, -0.2) is 4.68 Å². The first-order valence-electron chi connectivity index (χ1n) is 5.66. The van der Waals surface area contributed by atoms with Gasteiger partial charge in [0, 0.05) is 18.5 Å². The van der Waals surface area contributed by atoms with E-state index in [2.05, 4.69) is 20.5 Å². The predicted octanol–water partition coefficient (Wildman–Crippen LogP) is 2.22. The molecular formula is C11H10ClN5OS. The van der Waals surface area contributed by atoms with Crippen LogP contribution >= 0.6 is 22.9 Å². The number of nitrogens with zero attached hydrogens (tertiary/aromatic N) is 5. The van der Waals surface area contributed by atoms with Crippen LogP contribution in [0.1, 0.15) is 11.5 Å². The van der Waals surface area contributed by atoms with Gasteiger partial charge in [0.1, 0.15) is 6.54 Å². The quantitative estimate of drug-likeness (QED) is 0.675. The first-order valence-corrected chi connectivity index (χ1v) is 7.08. The Morgan fingerprint density at radius 3 is 3.16 bits per heavy atom. The molecule has 0 saturated carbocycles. The van der Waals surface area contributed by atoms with E-state index in [1.54, 1.807) is 16.0 Å². The molecule has 0 aliphatic carbocycles. The molecule has 6 nitrogen and oxygen atoms in total. The zero-order valence-electron chi connectivity index (χ0n) is 9.86. The molecule has 0 amide bonds. The van der Waals surface area contributed by atoms with E-state index in [0.717, 1.165) is 10.6 Å². The predicted molar refractivity (Wildman–Crippen MR) is 71.2 cm³/mol. The second kappa shape index (κ2) is 5.50. The maximum absolute atomic E-state index is 5.65. The number of thiophene rings is 1. The van der Waals surface area contributed by atoms with Crippen LogP contribution in [0.2, 0.25) is 0 Å². The minimum Gasteiger partial charge on any atom is -0.333 e. The Balaban J connectivity index is 1.72. The van der Waals surface area contributed by atoms with E-state index < -0.39 is 0 Å². The molecule has 3 aromatic heterocycles. The summed E-state index contributed by atoms with van der Waals surface area (Å²) in [7, 11) is 0. The highest BCUT2D eigenvalue weighted by atomic mass is 35.5. The largest absolute Gasteiger partial charge is 0.333 e. The van der Waals surface area contributed by atoms with E-state index in [1.165, 1.54) is 0 Å². The molecule has 3 aromatic rings. The third kappa shape index (κ3) is 2.82. The summed E-state index contributed by atoms with van der Waals surface area (Å²) in [6, 6.07) is 3.88. The Morgan fingerprint density at radius 1 is 1.42 bits per heavy atom. The Morgan fingerprint density at radius 2 is 2.37 bits per heavy atom. The summed E-state index contributed by atoms with van der Waals surface area (Å²) < 4.78 is 6.87. The maximum atomic E-state index is 5.65. The Bertz CT molecular complexity index is 648. The van der Waals surface area contributed by atoms with Crippen LogP contribution < -0.4 is 0 Å². The average molecular weight is 296 g/mol. The highest BCUT2D eigenvalue weighted by Gasteiger charge is 2.10. The summed E-state index contributed by atoms with van der Waals surface area (Å²) in [5, 5.41) is 13.9. The van der Waals surface area contributed by atoms with Crippen LogP contribution in [-0.4, -0.2) is 31.0 Å². The van der Waals surface area contributed by atoms with Crippen LogP contribution in [0.4, 0.5) is 0 Å². The van der Waals surface area contributed by atoms with Gasteiger partial charge in [-0.2, -0.15) is 4.98 Å². The Hall–Kier alpha value is -1.73. The van der Waals surface area contributed by atoms with Gasteiger partial charge >= 0.3 is 0 Å². The molecule has 3 rings (SSSR count). The normalized spacial score (nSPS) is 11.0. The van der Waals surface area contributed by atoms with Gasteiger partial charge in [0.2, 0.25) is 0 Å². The summed E-state index contributed by atoms with van der Waals surface area (Å²) in [5.41, 5.74) is 0.858. The summed E-state index contributed by atoms with van der Waals surface area (Å²) in [4.78, 5) is 5.28. The molecule has 19 heavy (non-hydrogen) atoms. The van der Waals surface area contributed by atoms with Crippen molar-refractivity contribution in [2.45, 2.75) is 13.0 Å². The molecule has 0 aliphatic rings. The van der Waals surface area contributed by atoms with Crippen LogP contribution in [-0.2, 0) is 13.0 Å². The van der Waals surface area contributed by atoms with Crippen molar-refractivity contribution < 1.29 is 4.52 Å². The summed E-state index contributed by atoms with van der Waals surface area (Å²) in [5.74, 6) is 1.64. The molecule has 0 atom stereocenters. The van der Waals surface area contributed by atoms with Crippen molar-refractivity contribution in [2.24, 2.45) is 0 Å². The summed E-state index contributed by atoms with van der Waals surface area (Å²) in [6.45, 7) is 0.435. The Labute approximate surface area is 118 Å². The lowest BCUT2D eigenvalue weighted by molar-refractivity contribution is 0.419. The summed E-state index contributed by atoms with van der Waals surface area (Å²) in [6.07, 6.45) is 2.54. The van der Waals surface area contributed by atoms with Crippen molar-refractivity contribution in [1.82, 2.24) is 25.1 Å². The van der Waals surface area contributed by atoms with E-state index in [4.69, 9.17) is 16.1 Å². The van der Waals surface area contributed by atoms with E-state index in [-0.39, 0.29) is 0 Å². The van der Waals surface area contributed by atoms with E-state index in [1.807, 2.05) is 23.7 Å². The van der Waals surface area contributed by atoms with Crippen molar-refractivity contribution >= 4 is 22.9 Å². The lowest BCUT2D eigenvalue weighted by Gasteiger charge is -1.92. The van der Waals surface area contributed by atoms with Gasteiger partial charge in [0.05, 0.1) is 10.6 Å². The monoisotopic (exact) mass is 295 g/mol. The lowest BCUT2D eigenvalue weighted by Crippen LogP contribution is -2.02. The van der Waals surface area contributed by atoms with Gasteiger partial charge in [-0.05, 0) is 11.4 Å². The second-order valence-electron chi connectivity index (χ2n) is 3.84. The van der Waals surface area contributed by atoms with Crippen LogP contribution in [0.15, 0.2) is 28.2 Å². The maximum Gasteiger partial charge on any atom is 0.268 e. The molecule has 0 spiro atoms. The number of rotatable bonds is 5. The third-order valence-electron chi connectivity index (χ3n) is 2.44. The van der Waals surface area contributed by atoms with E-state index >= 15 is 0 Å². The SMILES string of the molecule is ClCCc1cn(Cc2noc(-c3cccs3)n2)nn1. The first kappa shape index (κ1) is 12.3. The van der Waals surface area contributed by atoms with Crippen LogP contribution in [0.25, 0.3) is 10.8 Å². The van der Waals surface area contributed by atoms with Crippen molar-refractivity contribution in [1.29, 1.82) is 0 Å². The number of hydrogen-bond acceptors (Lipinski definition) is 6. The average Bonchev–Trinajstić information content (AvgIpc) is 3.10. The Kier molecular flexibility index (Phi) is 3.56. The molecule has 0 unspecified atom stereocenters. The van der Waals surface area contributed by atoms with Crippen LogP contribution in [0.5, 0.6) is 0 Å². The highest BCUT2D eigenvalue weighted by Crippen LogP contribution is 2.22. The fourth-order valence-electron chi connectivity index (χ4n) is 1.59. The second-order valence-corrected chi connectivity index (χ2v) is 5.17. The molecule has 0 aromatic carbocycles. The first-order chi connectivity index (χ1) is 9.35. The zero-order chi connectivity index (χ0) is 13.1. The van der Waals surface area contributed by atoms with E-state index in [0.29, 0.717) is 30.6 Å². The summed E-state index contributed by atoms with van der Waals surface area (Å²) >= 11 is 7.21. The molecule has 3 heterocycles. The molecular weight excluding hydrogens is 286 g/mol. The minimum absolute atomic E-state index is 0.435. The van der Waals surface area contributed by atoms with Crippen molar-refractivity contribution in [3.05, 3.63) is 35.2 Å². The lowest BCUT2D eigenvalue weighted by atomic mass is 10.4. The van der Waals surface area contributed by atoms with Gasteiger partial charge in [-0.15, -0.1) is 28.0 Å². The molecule has 8 heteroatoms. The third-order valence-corrected chi connectivity index (χ3v) is 3.49. The fourth-order valence-corrected chi connectivity index (χ4v) is 2.43. The van der Waals surface area contributed by atoms with Gasteiger partial charge in [-0.3, -0.25) is 0 Å². The molecule has 0 radical (unpaired) electrons. The van der Waals surface area contributed by atoms with Crippen LogP contribution in [0, 0.1) is 0 Å². The van der Waals surface area contributed by atoms with Gasteiger partial charge in [-0.1, -0.05) is 16.4 Å². The number of halogens is 1. The van der Waals surface area contributed by atoms with Crippen molar-refractivity contribution in [3.63, 3.8) is 0 Å². The van der Waals surface area contributed by atoms with Crippen molar-refractivity contribution in [3.8, 4) is 10.8 Å². The molecule has 0 fully saturated rings. The molecule has 98 valence electrons. The van der Waals surface area contributed by atoms with Gasteiger partial charge < -0.3 is 4.52 Å². The van der Waals surface area contributed by atoms with Gasteiger partial charge in [0.15, 0.2) is 5.82 Å². The number of aryl methyl sites for hydroxylation is 1. The zero-order valence-corrected chi connectivity index (χ0v) is 11.4. The van der Waals surface area contributed by atoms with Crippen molar-refractivity contribution in [2.75, 3.05) is 5.88 Å². The minimum atomic E-state index is 0.435. The number of alkyl halides is 1. The van der Waals surface area contributed by atoms with Gasteiger partial charge in [0.25, 0.3) is 5.89 Å². The van der Waals surface area contributed by atoms with Crippen LogP contribution in [0.3, 0.4) is 0 Å². The smallest absolute Gasteiger partial charge is 0.268 e. The molecule has 0 bridgehead atoms. The molecule has 0 aliphatic heterocycles. The fraction of sp³-hybridized carbons (Fsp3) is 0.273. The number of aromatic nitrogens is 5. The molecule has 0 saturated heterocycles. The number of hydrogen-bond donors (Lipinski definition) is 0. The topological polar surface area (TPSA) is 69.6 Å². The molecule has 0 N–H and O–H groups in total. The standard InChI is InChI=1S/C11H10ClN5OS/c12-4-3-8-6-17(16-14-8)7-10-13-11(18-15-10)9-2-1-5-19-9/h1-2,5-6H,3-4,7H2. The highest BCUT2D eigenvalue weighted by molar-refractivity contribution is 7.13. The van der Waals surface area contributed by atoms with E-state index in [9.17, 15) is 0 Å².